The lowest BCUT2D eigenvalue weighted by Crippen LogP contribution is -2.36. The molecule has 0 amide bonds. The highest BCUT2D eigenvalue weighted by atomic mass is 16.5. The monoisotopic (exact) mass is 279 g/mol. The zero-order valence-electron chi connectivity index (χ0n) is 11.8. The Morgan fingerprint density at radius 2 is 2.00 bits per heavy atom. The highest BCUT2D eigenvalue weighted by Gasteiger charge is 2.13. The second kappa shape index (κ2) is 7.67. The number of rotatable bonds is 8. The van der Waals surface area contributed by atoms with Gasteiger partial charge in [-0.15, -0.1) is 0 Å². The Bertz CT molecular complexity index is 455. The maximum Gasteiger partial charge on any atom is 0.320 e. The molecule has 3 N–H and O–H groups in total. The van der Waals surface area contributed by atoms with E-state index in [0.29, 0.717) is 17.9 Å². The van der Waals surface area contributed by atoms with Gasteiger partial charge in [-0.1, -0.05) is 18.7 Å². The maximum absolute atomic E-state index is 10.7. The van der Waals surface area contributed by atoms with Gasteiger partial charge in [0.25, 0.3) is 0 Å². The first-order chi connectivity index (χ1) is 9.40. The lowest BCUT2D eigenvalue weighted by molar-refractivity contribution is -0.139. The molecule has 0 aliphatic carbocycles. The molecular formula is C15H21NO4. The fourth-order valence-electron chi connectivity index (χ4n) is 1.49. The van der Waals surface area contributed by atoms with Crippen LogP contribution in [-0.4, -0.2) is 35.4 Å². The number of aliphatic hydroxyl groups is 1. The van der Waals surface area contributed by atoms with Gasteiger partial charge in [0.05, 0.1) is 6.10 Å². The fraction of sp³-hybridized carbons (Fsp3) is 0.400. The summed E-state index contributed by atoms with van der Waals surface area (Å²) >= 11 is 0. The minimum Gasteiger partial charge on any atom is -0.489 e. The number of ether oxygens (including phenoxy) is 1. The average molecular weight is 279 g/mol. The number of hydrogen-bond donors (Lipinski definition) is 3. The van der Waals surface area contributed by atoms with Crippen molar-refractivity contribution in [3.8, 4) is 5.75 Å². The molecule has 0 spiro atoms. The summed E-state index contributed by atoms with van der Waals surface area (Å²) in [5.41, 5.74) is 1.64. The van der Waals surface area contributed by atoms with Crippen LogP contribution in [0.1, 0.15) is 25.5 Å². The smallest absolute Gasteiger partial charge is 0.320 e. The van der Waals surface area contributed by atoms with Gasteiger partial charge in [-0.2, -0.15) is 0 Å². The number of benzene rings is 1. The molecule has 0 saturated heterocycles. The summed E-state index contributed by atoms with van der Waals surface area (Å²) in [6, 6.07) is 6.35. The third-order valence-electron chi connectivity index (χ3n) is 2.74. The summed E-state index contributed by atoms with van der Waals surface area (Å²) in [4.78, 5) is 10.7. The molecule has 0 aromatic heterocycles. The quantitative estimate of drug-likeness (QED) is 0.632. The Kier molecular flexibility index (Phi) is 6.21. The van der Waals surface area contributed by atoms with E-state index in [9.17, 15) is 9.90 Å². The lowest BCUT2D eigenvalue weighted by atomic mass is 10.1. The molecule has 0 radical (unpaired) electrons. The standard InChI is InChI=1S/C15H21NO4/c1-10(2)9-20-13-6-4-12(5-7-13)14(17)8-16-11(3)15(18)19/h4-7,11,14,16-17H,1,8-9H2,2-3H3,(H,18,19). The van der Waals surface area contributed by atoms with E-state index >= 15 is 0 Å². The maximum atomic E-state index is 10.7. The van der Waals surface area contributed by atoms with Crippen molar-refractivity contribution in [3.05, 3.63) is 42.0 Å². The van der Waals surface area contributed by atoms with Gasteiger partial charge in [0, 0.05) is 6.54 Å². The third-order valence-corrected chi connectivity index (χ3v) is 2.74. The van der Waals surface area contributed by atoms with Crippen LogP contribution in [0.25, 0.3) is 0 Å². The number of hydrogen-bond acceptors (Lipinski definition) is 4. The molecule has 0 fully saturated rings. The first-order valence-corrected chi connectivity index (χ1v) is 6.41. The van der Waals surface area contributed by atoms with Gasteiger partial charge >= 0.3 is 5.97 Å². The Morgan fingerprint density at radius 3 is 2.50 bits per heavy atom. The summed E-state index contributed by atoms with van der Waals surface area (Å²) in [5, 5.41) is 21.4. The molecule has 0 aliphatic heterocycles. The fourth-order valence-corrected chi connectivity index (χ4v) is 1.49. The third kappa shape index (κ3) is 5.42. The number of aliphatic carboxylic acids is 1. The summed E-state index contributed by atoms with van der Waals surface area (Å²) < 4.78 is 5.46. The van der Waals surface area contributed by atoms with Crippen molar-refractivity contribution < 1.29 is 19.7 Å². The molecule has 0 heterocycles. The van der Waals surface area contributed by atoms with Gasteiger partial charge in [0.15, 0.2) is 0 Å². The zero-order valence-corrected chi connectivity index (χ0v) is 11.8. The van der Waals surface area contributed by atoms with Crippen LogP contribution in [0.4, 0.5) is 0 Å². The predicted octanol–water partition coefficient (Wildman–Crippen LogP) is 1.74. The van der Waals surface area contributed by atoms with Crippen molar-refractivity contribution in [2.45, 2.75) is 26.0 Å². The largest absolute Gasteiger partial charge is 0.489 e. The van der Waals surface area contributed by atoms with E-state index < -0.39 is 18.1 Å². The van der Waals surface area contributed by atoms with E-state index in [1.54, 1.807) is 24.3 Å². The van der Waals surface area contributed by atoms with Gasteiger partial charge in [-0.3, -0.25) is 4.79 Å². The summed E-state index contributed by atoms with van der Waals surface area (Å²) in [5.74, 6) is -0.239. The number of aliphatic hydroxyl groups excluding tert-OH is 1. The van der Waals surface area contributed by atoms with Crippen molar-refractivity contribution in [1.82, 2.24) is 5.32 Å². The van der Waals surface area contributed by atoms with Crippen molar-refractivity contribution >= 4 is 5.97 Å². The first kappa shape index (κ1) is 16.2. The van der Waals surface area contributed by atoms with Gasteiger partial charge in [0.1, 0.15) is 18.4 Å². The summed E-state index contributed by atoms with van der Waals surface area (Å²) in [6.45, 7) is 7.80. The Morgan fingerprint density at radius 1 is 1.40 bits per heavy atom. The Balaban J connectivity index is 2.50. The molecule has 0 saturated carbocycles. The van der Waals surface area contributed by atoms with E-state index in [1.807, 2.05) is 6.92 Å². The van der Waals surface area contributed by atoms with Crippen LogP contribution in [0.3, 0.4) is 0 Å². The molecule has 2 unspecified atom stereocenters. The molecule has 20 heavy (non-hydrogen) atoms. The molecular weight excluding hydrogens is 258 g/mol. The van der Waals surface area contributed by atoms with E-state index in [1.165, 1.54) is 6.92 Å². The number of carboxylic acid groups (broad SMARTS) is 1. The lowest BCUT2D eigenvalue weighted by Gasteiger charge is -2.15. The van der Waals surface area contributed by atoms with Crippen molar-refractivity contribution in [2.75, 3.05) is 13.2 Å². The van der Waals surface area contributed by atoms with Crippen LogP contribution in [0.15, 0.2) is 36.4 Å². The number of carbonyl (C=O) groups is 1. The Labute approximate surface area is 118 Å². The molecule has 0 aliphatic rings. The Hall–Kier alpha value is -1.85. The molecule has 5 nitrogen and oxygen atoms in total. The second-order valence-corrected chi connectivity index (χ2v) is 4.80. The number of nitrogens with one attached hydrogen (secondary N) is 1. The van der Waals surface area contributed by atoms with Crippen LogP contribution < -0.4 is 10.1 Å². The molecule has 0 bridgehead atoms. The molecule has 2 atom stereocenters. The van der Waals surface area contributed by atoms with Gasteiger partial charge < -0.3 is 20.3 Å². The topological polar surface area (TPSA) is 78.8 Å². The summed E-state index contributed by atoms with van der Waals surface area (Å²) in [6.07, 6.45) is -0.757. The predicted molar refractivity (Wildman–Crippen MR) is 76.8 cm³/mol. The van der Waals surface area contributed by atoms with Gasteiger partial charge in [0.2, 0.25) is 0 Å². The van der Waals surface area contributed by atoms with E-state index in [0.717, 1.165) is 5.57 Å². The average Bonchev–Trinajstić information content (AvgIpc) is 2.42. The minimum atomic E-state index is -0.944. The van der Waals surface area contributed by atoms with Crippen molar-refractivity contribution in [2.24, 2.45) is 0 Å². The molecule has 110 valence electrons. The van der Waals surface area contributed by atoms with Crippen LogP contribution in [0.5, 0.6) is 5.75 Å². The molecule has 1 rings (SSSR count). The molecule has 1 aromatic rings. The minimum absolute atomic E-state index is 0.180. The van der Waals surface area contributed by atoms with Crippen molar-refractivity contribution in [1.29, 1.82) is 0 Å². The van der Waals surface area contributed by atoms with Gasteiger partial charge in [-0.05, 0) is 37.1 Å². The normalized spacial score (nSPS) is 13.6. The van der Waals surface area contributed by atoms with Crippen LogP contribution in [0.2, 0.25) is 0 Å². The number of carboxylic acids is 1. The van der Waals surface area contributed by atoms with Crippen LogP contribution in [-0.2, 0) is 4.79 Å². The first-order valence-electron chi connectivity index (χ1n) is 6.41. The van der Waals surface area contributed by atoms with Crippen LogP contribution >= 0.6 is 0 Å². The summed E-state index contributed by atoms with van der Waals surface area (Å²) in [7, 11) is 0. The van der Waals surface area contributed by atoms with E-state index in [-0.39, 0.29) is 6.54 Å². The van der Waals surface area contributed by atoms with Crippen LogP contribution in [0, 0.1) is 0 Å². The van der Waals surface area contributed by atoms with Crippen molar-refractivity contribution in [3.63, 3.8) is 0 Å². The SMILES string of the molecule is C=C(C)COc1ccc(C(O)CNC(C)C(=O)O)cc1. The molecule has 5 heteroatoms. The van der Waals surface area contributed by atoms with E-state index in [2.05, 4.69) is 11.9 Å². The van der Waals surface area contributed by atoms with E-state index in [4.69, 9.17) is 9.84 Å². The second-order valence-electron chi connectivity index (χ2n) is 4.80. The highest BCUT2D eigenvalue weighted by molar-refractivity contribution is 5.72. The zero-order chi connectivity index (χ0) is 15.1. The molecule has 1 aromatic carbocycles. The van der Waals surface area contributed by atoms with Gasteiger partial charge in [-0.25, -0.2) is 0 Å². The highest BCUT2D eigenvalue weighted by Crippen LogP contribution is 2.18.